The van der Waals surface area contributed by atoms with Crippen LogP contribution in [0.5, 0.6) is 5.75 Å². The molecule has 1 aliphatic carbocycles. The first-order valence-electron chi connectivity index (χ1n) is 14.5. The topological polar surface area (TPSA) is 96.0 Å². The van der Waals surface area contributed by atoms with E-state index in [-0.39, 0.29) is 29.1 Å². The number of rotatable bonds is 11. The number of benzene rings is 3. The number of nitrogens with one attached hydrogen (secondary N) is 1. The number of sulfonamides is 1. The van der Waals surface area contributed by atoms with E-state index in [9.17, 15) is 18.0 Å². The minimum atomic E-state index is -4.17. The third kappa shape index (κ3) is 7.50. The van der Waals surface area contributed by atoms with Gasteiger partial charge in [0.15, 0.2) is 0 Å². The van der Waals surface area contributed by atoms with E-state index >= 15 is 0 Å². The van der Waals surface area contributed by atoms with Gasteiger partial charge in [0.05, 0.1) is 17.7 Å². The van der Waals surface area contributed by atoms with Crippen molar-refractivity contribution in [1.29, 1.82) is 0 Å². The normalized spacial score (nSPS) is 14.6. The lowest BCUT2D eigenvalue weighted by molar-refractivity contribution is -0.139. The van der Waals surface area contributed by atoms with Gasteiger partial charge in [-0.15, -0.1) is 0 Å². The molecule has 0 radical (unpaired) electrons. The van der Waals surface area contributed by atoms with Crippen LogP contribution in [0.15, 0.2) is 77.7 Å². The first-order valence-corrected chi connectivity index (χ1v) is 15.9. The summed E-state index contributed by atoms with van der Waals surface area (Å²) in [5.74, 6) is -0.424. The summed E-state index contributed by atoms with van der Waals surface area (Å²) in [6.07, 6.45) is 5.13. The third-order valence-electron chi connectivity index (χ3n) is 7.80. The average molecular weight is 592 g/mol. The lowest BCUT2D eigenvalue weighted by Gasteiger charge is -2.33. The highest BCUT2D eigenvalue weighted by Gasteiger charge is 2.34. The van der Waals surface area contributed by atoms with Gasteiger partial charge in [0.1, 0.15) is 18.3 Å². The van der Waals surface area contributed by atoms with Gasteiger partial charge in [-0.1, -0.05) is 78.9 Å². The second-order valence-electron chi connectivity index (χ2n) is 11.0. The van der Waals surface area contributed by atoms with Crippen molar-refractivity contribution in [3.05, 3.63) is 89.5 Å². The van der Waals surface area contributed by atoms with Crippen molar-refractivity contribution < 1.29 is 22.7 Å². The standard InChI is InChI=1S/C33H41N3O5S/c1-24-17-19-29(20-18-24)42(39,40)36(30-15-8-9-16-31(30)41-4)23-32(37)35(22-27-12-10-11-25(2)21-27)26(3)33(38)34-28-13-6-5-7-14-28/h8-12,15-21,26,28H,5-7,13-14,22-23H2,1-4H3,(H,34,38)/t26-/m0/s1. The molecule has 0 saturated heterocycles. The predicted octanol–water partition coefficient (Wildman–Crippen LogP) is 5.37. The van der Waals surface area contributed by atoms with Gasteiger partial charge in [0.2, 0.25) is 11.8 Å². The van der Waals surface area contributed by atoms with Crippen molar-refractivity contribution in [2.45, 2.75) is 76.4 Å². The number of ether oxygens (including phenoxy) is 1. The first-order chi connectivity index (χ1) is 20.1. The number of carbonyl (C=O) groups is 2. The molecular weight excluding hydrogens is 550 g/mol. The Labute approximate surface area is 249 Å². The molecule has 4 rings (SSSR count). The zero-order valence-electron chi connectivity index (χ0n) is 24.9. The van der Waals surface area contributed by atoms with Crippen LogP contribution in [0.2, 0.25) is 0 Å². The first kappa shape index (κ1) is 31.1. The molecule has 0 aliphatic heterocycles. The number of hydrogen-bond donors (Lipinski definition) is 1. The number of para-hydroxylation sites is 2. The fourth-order valence-electron chi connectivity index (χ4n) is 5.35. The van der Waals surface area contributed by atoms with Crippen LogP contribution in [0.3, 0.4) is 0 Å². The van der Waals surface area contributed by atoms with Gasteiger partial charge in [-0.3, -0.25) is 13.9 Å². The van der Waals surface area contributed by atoms with E-state index in [2.05, 4.69) is 5.32 Å². The van der Waals surface area contributed by atoms with Gasteiger partial charge in [0, 0.05) is 12.6 Å². The number of anilines is 1. The lowest BCUT2D eigenvalue weighted by Crippen LogP contribution is -2.53. The van der Waals surface area contributed by atoms with E-state index in [1.54, 1.807) is 43.3 Å². The molecule has 0 spiro atoms. The lowest BCUT2D eigenvalue weighted by atomic mass is 9.95. The van der Waals surface area contributed by atoms with Crippen molar-refractivity contribution in [3.63, 3.8) is 0 Å². The van der Waals surface area contributed by atoms with Gasteiger partial charge in [-0.05, 0) is 63.4 Å². The smallest absolute Gasteiger partial charge is 0.264 e. The molecule has 0 heterocycles. The summed E-state index contributed by atoms with van der Waals surface area (Å²) in [4.78, 5) is 29.2. The van der Waals surface area contributed by atoms with Crippen molar-refractivity contribution in [1.82, 2.24) is 10.2 Å². The van der Waals surface area contributed by atoms with Crippen LogP contribution in [-0.2, 0) is 26.2 Å². The number of aryl methyl sites for hydroxylation is 2. The average Bonchev–Trinajstić information content (AvgIpc) is 2.99. The predicted molar refractivity (Wildman–Crippen MR) is 165 cm³/mol. The summed E-state index contributed by atoms with van der Waals surface area (Å²) in [6, 6.07) is 20.2. The fourth-order valence-corrected chi connectivity index (χ4v) is 6.77. The van der Waals surface area contributed by atoms with Crippen LogP contribution in [0.1, 0.15) is 55.7 Å². The monoisotopic (exact) mass is 591 g/mol. The van der Waals surface area contributed by atoms with Crippen LogP contribution >= 0.6 is 0 Å². The summed E-state index contributed by atoms with van der Waals surface area (Å²) in [6.45, 7) is 5.19. The third-order valence-corrected chi connectivity index (χ3v) is 9.57. The zero-order chi connectivity index (χ0) is 30.3. The molecule has 2 amide bonds. The molecule has 42 heavy (non-hydrogen) atoms. The fraction of sp³-hybridized carbons (Fsp3) is 0.394. The molecule has 1 fully saturated rings. The Bertz CT molecular complexity index is 1480. The van der Waals surface area contributed by atoms with Crippen molar-refractivity contribution in [2.75, 3.05) is 18.0 Å². The zero-order valence-corrected chi connectivity index (χ0v) is 25.7. The minimum absolute atomic E-state index is 0.0557. The quantitative estimate of drug-likeness (QED) is 0.323. The summed E-state index contributed by atoms with van der Waals surface area (Å²) in [5, 5.41) is 3.13. The molecule has 9 heteroatoms. The van der Waals surface area contributed by atoms with Crippen LogP contribution < -0.4 is 14.4 Å². The van der Waals surface area contributed by atoms with Gasteiger partial charge in [-0.25, -0.2) is 8.42 Å². The highest BCUT2D eigenvalue weighted by Crippen LogP contribution is 2.32. The summed E-state index contributed by atoms with van der Waals surface area (Å²) < 4.78 is 34.7. The number of nitrogens with zero attached hydrogens (tertiary/aromatic N) is 2. The molecular formula is C33H41N3O5S. The highest BCUT2D eigenvalue weighted by atomic mass is 32.2. The number of hydrogen-bond acceptors (Lipinski definition) is 5. The van der Waals surface area contributed by atoms with Gasteiger partial charge >= 0.3 is 0 Å². The molecule has 1 saturated carbocycles. The number of carbonyl (C=O) groups excluding carboxylic acids is 2. The SMILES string of the molecule is COc1ccccc1N(CC(=O)N(Cc1cccc(C)c1)[C@@H](C)C(=O)NC1CCCCC1)S(=O)(=O)c1ccc(C)cc1. The molecule has 3 aromatic rings. The van der Waals surface area contributed by atoms with Crippen molar-refractivity contribution in [3.8, 4) is 5.75 Å². The van der Waals surface area contributed by atoms with Crippen LogP contribution in [-0.4, -0.2) is 50.9 Å². The Morgan fingerprint density at radius 1 is 0.929 bits per heavy atom. The Kier molecular flexibility index (Phi) is 10.3. The van der Waals surface area contributed by atoms with Crippen molar-refractivity contribution >= 4 is 27.5 Å². The van der Waals surface area contributed by atoms with E-state index in [0.29, 0.717) is 5.75 Å². The maximum atomic E-state index is 14.2. The van der Waals surface area contributed by atoms with Gasteiger partial charge < -0.3 is 15.0 Å². The Morgan fingerprint density at radius 3 is 2.29 bits per heavy atom. The molecule has 3 aromatic carbocycles. The summed E-state index contributed by atoms with van der Waals surface area (Å²) in [7, 11) is -2.72. The molecule has 224 valence electrons. The van der Waals surface area contributed by atoms with E-state index in [1.807, 2.05) is 38.1 Å². The van der Waals surface area contributed by atoms with Crippen LogP contribution in [0, 0.1) is 13.8 Å². The molecule has 8 nitrogen and oxygen atoms in total. The van der Waals surface area contributed by atoms with Crippen LogP contribution in [0.4, 0.5) is 5.69 Å². The largest absolute Gasteiger partial charge is 0.495 e. The molecule has 0 unspecified atom stereocenters. The number of amides is 2. The highest BCUT2D eigenvalue weighted by molar-refractivity contribution is 7.92. The molecule has 0 aromatic heterocycles. The maximum absolute atomic E-state index is 14.2. The van der Waals surface area contributed by atoms with E-state index in [1.165, 1.54) is 24.1 Å². The van der Waals surface area contributed by atoms with Crippen LogP contribution in [0.25, 0.3) is 0 Å². The van der Waals surface area contributed by atoms with Crippen molar-refractivity contribution in [2.24, 2.45) is 0 Å². The second kappa shape index (κ2) is 13.9. The Balaban J connectivity index is 1.70. The Morgan fingerprint density at radius 2 is 1.62 bits per heavy atom. The maximum Gasteiger partial charge on any atom is 0.264 e. The second-order valence-corrected chi connectivity index (χ2v) is 12.9. The molecule has 1 N–H and O–H groups in total. The van der Waals surface area contributed by atoms with E-state index in [4.69, 9.17) is 4.74 Å². The Hall–Kier alpha value is -3.85. The molecule has 1 atom stereocenters. The molecule has 0 bridgehead atoms. The van der Waals surface area contributed by atoms with E-state index < -0.39 is 28.5 Å². The van der Waals surface area contributed by atoms with Gasteiger partial charge in [0.25, 0.3) is 10.0 Å². The van der Waals surface area contributed by atoms with E-state index in [0.717, 1.165) is 53.1 Å². The molecule has 1 aliphatic rings. The minimum Gasteiger partial charge on any atom is -0.495 e. The van der Waals surface area contributed by atoms with Gasteiger partial charge in [-0.2, -0.15) is 0 Å². The summed E-state index contributed by atoms with van der Waals surface area (Å²) >= 11 is 0. The summed E-state index contributed by atoms with van der Waals surface area (Å²) in [5.41, 5.74) is 3.03. The number of methoxy groups -OCH3 is 1.